The Morgan fingerprint density at radius 2 is 1.95 bits per heavy atom. The Labute approximate surface area is 114 Å². The standard InChI is InChI=1S/C14H24N4O/c1-2-4-12(5-3-1)15-10-13-11-18(17-16-13)14-6-8-19-9-7-14/h11-12,14-15H,1-10H2. The molecule has 1 aromatic heterocycles. The molecular weight excluding hydrogens is 240 g/mol. The monoisotopic (exact) mass is 264 g/mol. The van der Waals surface area contributed by atoms with Crippen LogP contribution in [0, 0.1) is 0 Å². The van der Waals surface area contributed by atoms with Crippen molar-refractivity contribution in [2.45, 2.75) is 63.6 Å². The van der Waals surface area contributed by atoms with Gasteiger partial charge in [0.15, 0.2) is 0 Å². The van der Waals surface area contributed by atoms with Crippen LogP contribution in [-0.4, -0.2) is 34.2 Å². The number of aromatic nitrogens is 3. The van der Waals surface area contributed by atoms with Crippen LogP contribution in [0.5, 0.6) is 0 Å². The molecule has 0 aromatic carbocycles. The van der Waals surface area contributed by atoms with E-state index >= 15 is 0 Å². The molecule has 3 rings (SSSR count). The van der Waals surface area contributed by atoms with Gasteiger partial charge in [0.1, 0.15) is 0 Å². The minimum Gasteiger partial charge on any atom is -0.381 e. The normalized spacial score (nSPS) is 22.7. The van der Waals surface area contributed by atoms with E-state index in [1.54, 1.807) is 0 Å². The molecule has 1 saturated carbocycles. The van der Waals surface area contributed by atoms with E-state index in [1.807, 2.05) is 4.68 Å². The summed E-state index contributed by atoms with van der Waals surface area (Å²) >= 11 is 0. The van der Waals surface area contributed by atoms with Gasteiger partial charge in [0.05, 0.1) is 17.9 Å². The Morgan fingerprint density at radius 1 is 1.16 bits per heavy atom. The second-order valence-corrected chi connectivity index (χ2v) is 5.75. The van der Waals surface area contributed by atoms with E-state index in [0.717, 1.165) is 38.3 Å². The summed E-state index contributed by atoms with van der Waals surface area (Å²) in [7, 11) is 0. The number of ether oxygens (including phenoxy) is 1. The highest BCUT2D eigenvalue weighted by molar-refractivity contribution is 4.94. The summed E-state index contributed by atoms with van der Waals surface area (Å²) in [5, 5.41) is 12.2. The zero-order chi connectivity index (χ0) is 12.9. The SMILES string of the molecule is c1c(CNC2CCCCC2)nnn1C1CCOCC1. The van der Waals surface area contributed by atoms with Crippen molar-refractivity contribution in [2.75, 3.05) is 13.2 Å². The van der Waals surface area contributed by atoms with Gasteiger partial charge in [-0.15, -0.1) is 5.10 Å². The zero-order valence-electron chi connectivity index (χ0n) is 11.6. The topological polar surface area (TPSA) is 52.0 Å². The molecule has 0 bridgehead atoms. The first-order valence-electron chi connectivity index (χ1n) is 7.63. The maximum absolute atomic E-state index is 5.38. The molecule has 19 heavy (non-hydrogen) atoms. The van der Waals surface area contributed by atoms with Gasteiger partial charge in [-0.3, -0.25) is 0 Å². The van der Waals surface area contributed by atoms with E-state index in [4.69, 9.17) is 4.74 Å². The third-order valence-electron chi connectivity index (χ3n) is 4.30. The number of rotatable bonds is 4. The van der Waals surface area contributed by atoms with Crippen molar-refractivity contribution in [2.24, 2.45) is 0 Å². The minimum atomic E-state index is 0.477. The van der Waals surface area contributed by atoms with Crippen molar-refractivity contribution in [1.82, 2.24) is 20.3 Å². The van der Waals surface area contributed by atoms with Crippen LogP contribution >= 0.6 is 0 Å². The third-order valence-corrected chi connectivity index (χ3v) is 4.30. The molecule has 5 nitrogen and oxygen atoms in total. The minimum absolute atomic E-state index is 0.477. The molecule has 106 valence electrons. The third kappa shape index (κ3) is 3.54. The molecule has 5 heteroatoms. The fourth-order valence-electron chi connectivity index (χ4n) is 3.08. The lowest BCUT2D eigenvalue weighted by molar-refractivity contribution is 0.0657. The summed E-state index contributed by atoms with van der Waals surface area (Å²) in [4.78, 5) is 0. The maximum atomic E-state index is 5.38. The maximum Gasteiger partial charge on any atom is 0.0965 e. The molecule has 0 unspecified atom stereocenters. The molecule has 1 saturated heterocycles. The van der Waals surface area contributed by atoms with Gasteiger partial charge in [-0.05, 0) is 25.7 Å². The Hall–Kier alpha value is -0.940. The fourth-order valence-corrected chi connectivity index (χ4v) is 3.08. The summed E-state index contributed by atoms with van der Waals surface area (Å²) in [6, 6.07) is 1.16. The second kappa shape index (κ2) is 6.48. The first-order chi connectivity index (χ1) is 9.42. The lowest BCUT2D eigenvalue weighted by atomic mass is 9.95. The van der Waals surface area contributed by atoms with Crippen molar-refractivity contribution >= 4 is 0 Å². The predicted octanol–water partition coefficient (Wildman–Crippen LogP) is 2.05. The lowest BCUT2D eigenvalue weighted by Gasteiger charge is -2.22. The summed E-state index contributed by atoms with van der Waals surface area (Å²) in [6.07, 6.45) is 11.0. The van der Waals surface area contributed by atoms with E-state index in [9.17, 15) is 0 Å². The Kier molecular flexibility index (Phi) is 4.45. The molecular formula is C14H24N4O. The van der Waals surface area contributed by atoms with E-state index in [-0.39, 0.29) is 0 Å². The highest BCUT2D eigenvalue weighted by Crippen LogP contribution is 2.20. The molecule has 1 aromatic rings. The van der Waals surface area contributed by atoms with Crippen LogP contribution in [0.1, 0.15) is 56.7 Å². The van der Waals surface area contributed by atoms with E-state index in [0.29, 0.717) is 12.1 Å². The highest BCUT2D eigenvalue weighted by Gasteiger charge is 2.18. The largest absolute Gasteiger partial charge is 0.381 e. The fraction of sp³-hybridized carbons (Fsp3) is 0.857. The van der Waals surface area contributed by atoms with Gasteiger partial charge < -0.3 is 10.1 Å². The summed E-state index contributed by atoms with van der Waals surface area (Å²) < 4.78 is 7.41. The van der Waals surface area contributed by atoms with Crippen molar-refractivity contribution in [3.8, 4) is 0 Å². The summed E-state index contributed by atoms with van der Waals surface area (Å²) in [6.45, 7) is 2.55. The number of nitrogens with one attached hydrogen (secondary N) is 1. The average molecular weight is 264 g/mol. The summed E-state index contributed by atoms with van der Waals surface area (Å²) in [5.41, 5.74) is 1.07. The van der Waals surface area contributed by atoms with Crippen molar-refractivity contribution in [1.29, 1.82) is 0 Å². The molecule has 0 amide bonds. The first kappa shape index (κ1) is 13.1. The number of nitrogens with zero attached hydrogens (tertiary/aromatic N) is 3. The molecule has 2 aliphatic rings. The van der Waals surface area contributed by atoms with Crippen LogP contribution in [0.25, 0.3) is 0 Å². The van der Waals surface area contributed by atoms with E-state index < -0.39 is 0 Å². The van der Waals surface area contributed by atoms with E-state index in [2.05, 4.69) is 21.8 Å². The number of hydrogen-bond donors (Lipinski definition) is 1. The van der Waals surface area contributed by atoms with Crippen LogP contribution in [0.2, 0.25) is 0 Å². The second-order valence-electron chi connectivity index (χ2n) is 5.75. The Morgan fingerprint density at radius 3 is 2.74 bits per heavy atom. The van der Waals surface area contributed by atoms with Crippen molar-refractivity contribution in [3.05, 3.63) is 11.9 Å². The quantitative estimate of drug-likeness (QED) is 0.904. The van der Waals surface area contributed by atoms with Crippen LogP contribution in [0.15, 0.2) is 6.20 Å². The van der Waals surface area contributed by atoms with Gasteiger partial charge in [0.25, 0.3) is 0 Å². The predicted molar refractivity (Wildman–Crippen MR) is 72.8 cm³/mol. The van der Waals surface area contributed by atoms with Crippen LogP contribution in [0.3, 0.4) is 0 Å². The molecule has 0 radical (unpaired) electrons. The van der Waals surface area contributed by atoms with Gasteiger partial charge in [-0.2, -0.15) is 0 Å². The van der Waals surface area contributed by atoms with Crippen LogP contribution in [0.4, 0.5) is 0 Å². The molecule has 1 aliphatic heterocycles. The van der Waals surface area contributed by atoms with Gasteiger partial charge in [-0.25, -0.2) is 4.68 Å². The average Bonchev–Trinajstić information content (AvgIpc) is 2.96. The van der Waals surface area contributed by atoms with Crippen molar-refractivity contribution in [3.63, 3.8) is 0 Å². The first-order valence-corrected chi connectivity index (χ1v) is 7.63. The van der Waals surface area contributed by atoms with Gasteiger partial charge in [-0.1, -0.05) is 24.5 Å². The van der Waals surface area contributed by atoms with Crippen molar-refractivity contribution < 1.29 is 4.74 Å². The van der Waals surface area contributed by atoms with Crippen LogP contribution in [-0.2, 0) is 11.3 Å². The van der Waals surface area contributed by atoms with Gasteiger partial charge in [0, 0.05) is 25.8 Å². The Bertz CT molecular complexity index is 381. The molecule has 2 fully saturated rings. The van der Waals surface area contributed by atoms with Gasteiger partial charge in [0.2, 0.25) is 0 Å². The highest BCUT2D eigenvalue weighted by atomic mass is 16.5. The van der Waals surface area contributed by atoms with Crippen LogP contribution < -0.4 is 5.32 Å². The zero-order valence-corrected chi connectivity index (χ0v) is 11.6. The lowest BCUT2D eigenvalue weighted by Crippen LogP contribution is -2.30. The van der Waals surface area contributed by atoms with Gasteiger partial charge >= 0.3 is 0 Å². The molecule has 0 spiro atoms. The summed E-state index contributed by atoms with van der Waals surface area (Å²) in [5.74, 6) is 0. The smallest absolute Gasteiger partial charge is 0.0965 e. The Balaban J connectivity index is 1.49. The molecule has 0 atom stereocenters. The van der Waals surface area contributed by atoms with E-state index in [1.165, 1.54) is 32.1 Å². The molecule has 1 N–H and O–H groups in total. The molecule has 2 heterocycles. The number of hydrogen-bond acceptors (Lipinski definition) is 4. The molecule has 1 aliphatic carbocycles.